The van der Waals surface area contributed by atoms with Crippen molar-refractivity contribution in [1.82, 2.24) is 30.4 Å². The molecule has 3 N–H and O–H groups in total. The number of nitrogens with one attached hydrogen (secondary N) is 3. The molecule has 3 heterocycles. The van der Waals surface area contributed by atoms with E-state index in [1.54, 1.807) is 4.90 Å². The second-order valence-electron chi connectivity index (χ2n) is 11.7. The van der Waals surface area contributed by atoms with Gasteiger partial charge in [-0.3, -0.25) is 20.0 Å². The molecule has 0 aromatic heterocycles. The number of sulfonamides is 1. The van der Waals surface area contributed by atoms with Crippen LogP contribution in [0.3, 0.4) is 0 Å². The summed E-state index contributed by atoms with van der Waals surface area (Å²) >= 11 is 0. The number of imide groups is 1. The second-order valence-corrected chi connectivity index (χ2v) is 13.7. The van der Waals surface area contributed by atoms with Gasteiger partial charge < -0.3 is 4.90 Å². The number of carbonyl (C=O) groups excluding carboxylic acids is 2. The van der Waals surface area contributed by atoms with Crippen LogP contribution in [0.4, 0.5) is 18.0 Å². The molecule has 216 valence electrons. The monoisotopic (exact) mass is 566 g/mol. The molecule has 5 aliphatic rings. The standard InChI is InChI=1S/C23H37F3N6O5S/c1-13-8-15(30(3)27-13)11-31-19-5-4-17(38(35,36)29-22(6-7-22)23(24,25)26)10-18(19)20(33)32(21(31)34)12-16-9-14(2)28-37-16/h13-19,27-29H,4-12H2,1-3H3. The van der Waals surface area contributed by atoms with Gasteiger partial charge in [0.2, 0.25) is 15.9 Å². The Hall–Kier alpha value is -1.52. The number of amides is 3. The Bertz CT molecular complexity index is 1060. The maximum Gasteiger partial charge on any atom is 0.407 e. The molecule has 3 amide bonds. The molecule has 2 aliphatic carbocycles. The highest BCUT2D eigenvalue weighted by atomic mass is 32.2. The summed E-state index contributed by atoms with van der Waals surface area (Å²) in [5.74, 6) is -1.31. The van der Waals surface area contributed by atoms with E-state index in [2.05, 4.69) is 10.9 Å². The zero-order chi connectivity index (χ0) is 27.6. The fraction of sp³-hybridized carbons (Fsp3) is 0.913. The highest BCUT2D eigenvalue weighted by Gasteiger charge is 2.66. The highest BCUT2D eigenvalue weighted by Crippen LogP contribution is 2.50. The van der Waals surface area contributed by atoms with Crippen molar-refractivity contribution in [2.24, 2.45) is 5.92 Å². The van der Waals surface area contributed by atoms with Crippen LogP contribution in [-0.4, -0.2) is 103 Å². The molecule has 0 aromatic carbocycles. The molecule has 7 unspecified atom stereocenters. The molecule has 5 fully saturated rings. The molecule has 0 bridgehead atoms. The Kier molecular flexibility index (Phi) is 7.26. The number of rotatable bonds is 7. The van der Waals surface area contributed by atoms with E-state index in [9.17, 15) is 31.2 Å². The average Bonchev–Trinajstić information content (AvgIpc) is 3.39. The number of likely N-dealkylation sites (N-methyl/N-ethyl adjacent to an activating group) is 1. The van der Waals surface area contributed by atoms with E-state index in [1.807, 2.05) is 30.6 Å². The van der Waals surface area contributed by atoms with Gasteiger partial charge in [0.25, 0.3) is 0 Å². The van der Waals surface area contributed by atoms with Crippen molar-refractivity contribution < 1.29 is 36.0 Å². The lowest BCUT2D eigenvalue weighted by Gasteiger charge is -2.49. The normalized spacial score (nSPS) is 38.1. The van der Waals surface area contributed by atoms with Gasteiger partial charge in [-0.05, 0) is 58.8 Å². The number of fused-ring (bicyclic) bond motifs is 1. The predicted octanol–water partition coefficient (Wildman–Crippen LogP) is 1.08. The fourth-order valence-electron chi connectivity index (χ4n) is 6.45. The number of alkyl halides is 3. The number of hydrogen-bond acceptors (Lipinski definition) is 8. The van der Waals surface area contributed by atoms with E-state index in [4.69, 9.17) is 4.84 Å². The first-order valence-electron chi connectivity index (χ1n) is 13.3. The highest BCUT2D eigenvalue weighted by molar-refractivity contribution is 7.90. The topological polar surface area (TPSA) is 123 Å². The molecular formula is C23H37F3N6O5S. The van der Waals surface area contributed by atoms with Crippen molar-refractivity contribution in [2.45, 2.75) is 106 Å². The molecule has 15 heteroatoms. The average molecular weight is 567 g/mol. The van der Waals surface area contributed by atoms with Gasteiger partial charge in [-0.1, -0.05) is 0 Å². The molecule has 0 aromatic rings. The van der Waals surface area contributed by atoms with Gasteiger partial charge in [-0.25, -0.2) is 18.2 Å². The van der Waals surface area contributed by atoms with E-state index in [-0.39, 0.29) is 56.8 Å². The van der Waals surface area contributed by atoms with Crippen molar-refractivity contribution >= 4 is 22.0 Å². The van der Waals surface area contributed by atoms with Gasteiger partial charge in [-0.2, -0.15) is 23.4 Å². The quantitative estimate of drug-likeness (QED) is 0.419. The van der Waals surface area contributed by atoms with Crippen molar-refractivity contribution in [2.75, 3.05) is 20.1 Å². The number of hydroxylamine groups is 1. The molecule has 3 aliphatic heterocycles. The lowest BCUT2D eigenvalue weighted by Crippen LogP contribution is -2.66. The van der Waals surface area contributed by atoms with Gasteiger partial charge in [0.15, 0.2) is 0 Å². The molecule has 0 radical (unpaired) electrons. The third kappa shape index (κ3) is 5.17. The van der Waals surface area contributed by atoms with Gasteiger partial charge in [0.05, 0.1) is 23.8 Å². The minimum Gasteiger partial charge on any atom is -0.319 e. The molecule has 2 saturated carbocycles. The number of carbonyl (C=O) groups is 2. The Labute approximate surface area is 220 Å². The molecule has 3 saturated heterocycles. The number of halogens is 3. The van der Waals surface area contributed by atoms with Gasteiger partial charge in [0.1, 0.15) is 5.54 Å². The lowest BCUT2D eigenvalue weighted by atomic mass is 9.80. The van der Waals surface area contributed by atoms with E-state index in [0.717, 1.165) is 11.3 Å². The minimum absolute atomic E-state index is 0.00120. The molecule has 11 nitrogen and oxygen atoms in total. The fourth-order valence-corrected chi connectivity index (χ4v) is 8.39. The minimum atomic E-state index is -4.68. The summed E-state index contributed by atoms with van der Waals surface area (Å²) in [7, 11) is -2.45. The van der Waals surface area contributed by atoms with Crippen molar-refractivity contribution in [1.29, 1.82) is 0 Å². The molecule has 0 spiro atoms. The van der Waals surface area contributed by atoms with Crippen molar-refractivity contribution in [3.05, 3.63) is 0 Å². The third-order valence-electron chi connectivity index (χ3n) is 8.74. The van der Waals surface area contributed by atoms with Crippen LogP contribution < -0.4 is 15.6 Å². The Morgan fingerprint density at radius 1 is 1.08 bits per heavy atom. The second kappa shape index (κ2) is 9.84. The van der Waals surface area contributed by atoms with Crippen molar-refractivity contribution in [3.63, 3.8) is 0 Å². The van der Waals surface area contributed by atoms with E-state index in [1.165, 1.54) is 0 Å². The first kappa shape index (κ1) is 28.0. The largest absolute Gasteiger partial charge is 0.407 e. The smallest absolute Gasteiger partial charge is 0.319 e. The summed E-state index contributed by atoms with van der Waals surface area (Å²) in [6.07, 6.45) is -4.12. The molecular weight excluding hydrogens is 529 g/mol. The number of urea groups is 1. The molecule has 5 rings (SSSR count). The summed E-state index contributed by atoms with van der Waals surface area (Å²) in [6, 6.07) is -0.675. The van der Waals surface area contributed by atoms with Crippen LogP contribution >= 0.6 is 0 Å². The van der Waals surface area contributed by atoms with E-state index < -0.39 is 57.0 Å². The van der Waals surface area contributed by atoms with E-state index in [0.29, 0.717) is 13.0 Å². The van der Waals surface area contributed by atoms with Gasteiger partial charge in [-0.15, -0.1) is 0 Å². The molecule has 38 heavy (non-hydrogen) atoms. The zero-order valence-electron chi connectivity index (χ0n) is 21.8. The van der Waals surface area contributed by atoms with Crippen molar-refractivity contribution in [3.8, 4) is 0 Å². The zero-order valence-corrected chi connectivity index (χ0v) is 22.6. The van der Waals surface area contributed by atoms with Crippen LogP contribution in [0.25, 0.3) is 0 Å². The van der Waals surface area contributed by atoms with Crippen LogP contribution in [-0.2, 0) is 19.7 Å². The summed E-state index contributed by atoms with van der Waals surface area (Å²) in [5.41, 5.74) is 3.73. The summed E-state index contributed by atoms with van der Waals surface area (Å²) < 4.78 is 68.6. The van der Waals surface area contributed by atoms with E-state index >= 15 is 0 Å². The predicted molar refractivity (Wildman–Crippen MR) is 130 cm³/mol. The number of hydrogen-bond donors (Lipinski definition) is 3. The van der Waals surface area contributed by atoms with Gasteiger partial charge in [0, 0.05) is 37.8 Å². The first-order chi connectivity index (χ1) is 17.7. The number of nitrogens with zero attached hydrogens (tertiary/aromatic N) is 3. The first-order valence-corrected chi connectivity index (χ1v) is 14.9. The summed E-state index contributed by atoms with van der Waals surface area (Å²) in [6.45, 7) is 4.33. The summed E-state index contributed by atoms with van der Waals surface area (Å²) in [4.78, 5) is 35.7. The Balaban J connectivity index is 1.37. The maximum atomic E-state index is 13.7. The Morgan fingerprint density at radius 3 is 2.34 bits per heavy atom. The summed E-state index contributed by atoms with van der Waals surface area (Å²) in [5, 5.41) is 0.802. The van der Waals surface area contributed by atoms with Crippen LogP contribution in [0.2, 0.25) is 0 Å². The SMILES string of the molecule is CC1CC(CN2C(=O)C3CC(S(=O)(=O)NC4(C(F)(F)F)CC4)CCC3N(CC3CC(C)NN3C)C2=O)ON1. The maximum absolute atomic E-state index is 13.7. The Morgan fingerprint density at radius 2 is 1.79 bits per heavy atom. The van der Waals surface area contributed by atoms with Gasteiger partial charge >= 0.3 is 12.2 Å². The third-order valence-corrected chi connectivity index (χ3v) is 10.7. The molecule has 7 atom stereocenters. The lowest BCUT2D eigenvalue weighted by molar-refractivity contribution is -0.160. The van der Waals surface area contributed by atoms with Crippen LogP contribution in [0.15, 0.2) is 0 Å². The van der Waals surface area contributed by atoms with Crippen LogP contribution in [0, 0.1) is 5.92 Å². The number of hydrazine groups is 1. The van der Waals surface area contributed by atoms with Crippen LogP contribution in [0.1, 0.15) is 58.8 Å². The van der Waals surface area contributed by atoms with Crippen LogP contribution in [0.5, 0.6) is 0 Å².